The van der Waals surface area contributed by atoms with E-state index < -0.39 is 5.91 Å². The molecular weight excluding hydrogens is 208 g/mol. The third kappa shape index (κ3) is 4.00. The number of nitrogens with two attached hydrogens (primary N) is 1. The Morgan fingerprint density at radius 1 is 1.38 bits per heavy atom. The molecule has 0 saturated heterocycles. The third-order valence-corrected chi connectivity index (χ3v) is 1.91. The highest BCUT2D eigenvalue weighted by atomic mass is 16.5. The fourth-order valence-corrected chi connectivity index (χ4v) is 1.10. The van der Waals surface area contributed by atoms with Gasteiger partial charge in [-0.3, -0.25) is 9.59 Å². The molecule has 0 aromatic heterocycles. The minimum Gasteiger partial charge on any atom is -0.484 e. The van der Waals surface area contributed by atoms with Gasteiger partial charge in [-0.05, 0) is 18.6 Å². The Labute approximate surface area is 93.6 Å². The molecule has 1 aromatic carbocycles. The highest BCUT2D eigenvalue weighted by Gasteiger charge is 2.04. The second kappa shape index (κ2) is 5.75. The van der Waals surface area contributed by atoms with Gasteiger partial charge < -0.3 is 15.8 Å². The molecule has 0 atom stereocenters. The van der Waals surface area contributed by atoms with Crippen molar-refractivity contribution >= 4 is 11.8 Å². The van der Waals surface area contributed by atoms with Crippen LogP contribution < -0.4 is 15.8 Å². The molecule has 3 N–H and O–H groups in total. The SMILES string of the molecule is Cc1ccccc1OCC(=O)NCC(N)=O. The Balaban J connectivity index is 2.37. The first-order chi connectivity index (χ1) is 7.59. The molecular formula is C11H14N2O3. The Morgan fingerprint density at radius 2 is 2.06 bits per heavy atom. The van der Waals surface area contributed by atoms with Crippen LogP contribution in [0.2, 0.25) is 0 Å². The molecule has 16 heavy (non-hydrogen) atoms. The van der Waals surface area contributed by atoms with Crippen molar-refractivity contribution in [1.82, 2.24) is 5.32 Å². The van der Waals surface area contributed by atoms with Crippen molar-refractivity contribution in [3.05, 3.63) is 29.8 Å². The fourth-order valence-electron chi connectivity index (χ4n) is 1.10. The topological polar surface area (TPSA) is 81.4 Å². The number of amides is 2. The van der Waals surface area contributed by atoms with E-state index in [4.69, 9.17) is 10.5 Å². The molecule has 0 saturated carbocycles. The van der Waals surface area contributed by atoms with E-state index in [1.807, 2.05) is 25.1 Å². The molecule has 1 aromatic rings. The second-order valence-electron chi connectivity index (χ2n) is 3.30. The molecule has 5 nitrogen and oxygen atoms in total. The third-order valence-electron chi connectivity index (χ3n) is 1.91. The smallest absolute Gasteiger partial charge is 0.258 e. The van der Waals surface area contributed by atoms with E-state index in [9.17, 15) is 9.59 Å². The Kier molecular flexibility index (Phi) is 4.32. The number of primary amides is 1. The van der Waals surface area contributed by atoms with Gasteiger partial charge in [0, 0.05) is 0 Å². The van der Waals surface area contributed by atoms with Crippen LogP contribution in [-0.4, -0.2) is 25.0 Å². The largest absolute Gasteiger partial charge is 0.484 e. The summed E-state index contributed by atoms with van der Waals surface area (Å²) in [5.41, 5.74) is 5.83. The average Bonchev–Trinajstić information content (AvgIpc) is 2.25. The lowest BCUT2D eigenvalue weighted by Crippen LogP contribution is -2.36. The molecule has 5 heteroatoms. The highest BCUT2D eigenvalue weighted by Crippen LogP contribution is 2.15. The van der Waals surface area contributed by atoms with Gasteiger partial charge in [-0.2, -0.15) is 0 Å². The van der Waals surface area contributed by atoms with Crippen LogP contribution in [0.4, 0.5) is 0 Å². The summed E-state index contributed by atoms with van der Waals surface area (Å²) in [5.74, 6) is -0.303. The van der Waals surface area contributed by atoms with Crippen molar-refractivity contribution in [1.29, 1.82) is 0 Å². The lowest BCUT2D eigenvalue weighted by atomic mass is 10.2. The minimum absolute atomic E-state index is 0.127. The van der Waals surface area contributed by atoms with Gasteiger partial charge in [0.05, 0.1) is 6.54 Å². The van der Waals surface area contributed by atoms with Gasteiger partial charge in [0.15, 0.2) is 6.61 Å². The Bertz CT molecular complexity index is 391. The zero-order valence-electron chi connectivity index (χ0n) is 9.03. The van der Waals surface area contributed by atoms with Crippen molar-refractivity contribution in [2.24, 2.45) is 5.73 Å². The molecule has 2 amide bonds. The second-order valence-corrected chi connectivity index (χ2v) is 3.30. The quantitative estimate of drug-likeness (QED) is 0.734. The number of hydrogen-bond donors (Lipinski definition) is 2. The summed E-state index contributed by atoms with van der Waals surface area (Å²) in [6.07, 6.45) is 0. The van der Waals surface area contributed by atoms with Gasteiger partial charge in [0.2, 0.25) is 5.91 Å². The molecule has 0 unspecified atom stereocenters. The zero-order valence-corrected chi connectivity index (χ0v) is 9.03. The number of benzene rings is 1. The lowest BCUT2D eigenvalue weighted by molar-refractivity contribution is -0.126. The molecule has 0 fully saturated rings. The first kappa shape index (κ1) is 12.0. The number of rotatable bonds is 5. The summed E-state index contributed by atoms with van der Waals surface area (Å²) in [5, 5.41) is 2.33. The highest BCUT2D eigenvalue weighted by molar-refractivity contribution is 5.84. The van der Waals surface area contributed by atoms with E-state index in [1.165, 1.54) is 0 Å². The van der Waals surface area contributed by atoms with E-state index in [2.05, 4.69) is 5.32 Å². The number of ether oxygens (including phenoxy) is 1. The zero-order chi connectivity index (χ0) is 12.0. The van der Waals surface area contributed by atoms with E-state index in [0.29, 0.717) is 5.75 Å². The molecule has 0 heterocycles. The van der Waals surface area contributed by atoms with Gasteiger partial charge in [-0.25, -0.2) is 0 Å². The van der Waals surface area contributed by atoms with E-state index in [1.54, 1.807) is 6.07 Å². The number of carbonyl (C=O) groups excluding carboxylic acids is 2. The molecule has 1 rings (SSSR count). The summed E-state index contributed by atoms with van der Waals surface area (Å²) < 4.78 is 5.27. The van der Waals surface area contributed by atoms with Crippen LogP contribution in [0.25, 0.3) is 0 Å². The van der Waals surface area contributed by atoms with Gasteiger partial charge in [-0.1, -0.05) is 18.2 Å². The predicted octanol–water partition coefficient (Wildman–Crippen LogP) is -0.0247. The summed E-state index contributed by atoms with van der Waals surface area (Å²) >= 11 is 0. The molecule has 0 aliphatic rings. The minimum atomic E-state index is -0.579. The van der Waals surface area contributed by atoms with Gasteiger partial charge in [0.25, 0.3) is 5.91 Å². The molecule has 0 aliphatic carbocycles. The van der Waals surface area contributed by atoms with Crippen LogP contribution in [0.1, 0.15) is 5.56 Å². The summed E-state index contributed by atoms with van der Waals surface area (Å²) in [6, 6.07) is 7.37. The number of para-hydroxylation sites is 1. The number of aryl methyl sites for hydroxylation is 1. The maximum Gasteiger partial charge on any atom is 0.258 e. The van der Waals surface area contributed by atoms with Crippen LogP contribution in [0.5, 0.6) is 5.75 Å². The number of nitrogens with one attached hydrogen (secondary N) is 1. The summed E-state index contributed by atoms with van der Waals surface area (Å²) in [7, 11) is 0. The monoisotopic (exact) mass is 222 g/mol. The van der Waals surface area contributed by atoms with Crippen LogP contribution in [0.3, 0.4) is 0 Å². The normalized spacial score (nSPS) is 9.56. The average molecular weight is 222 g/mol. The summed E-state index contributed by atoms with van der Waals surface area (Å²) in [4.78, 5) is 21.6. The van der Waals surface area contributed by atoms with Gasteiger partial charge >= 0.3 is 0 Å². The van der Waals surface area contributed by atoms with E-state index in [-0.39, 0.29) is 19.1 Å². The van der Waals surface area contributed by atoms with Crippen molar-refractivity contribution in [3.8, 4) is 5.75 Å². The molecule has 0 bridgehead atoms. The maximum absolute atomic E-state index is 11.2. The standard InChI is InChI=1S/C11H14N2O3/c1-8-4-2-3-5-9(8)16-7-11(15)13-6-10(12)14/h2-5H,6-7H2,1H3,(H2,12,14)(H,13,15). The van der Waals surface area contributed by atoms with Crippen molar-refractivity contribution < 1.29 is 14.3 Å². The lowest BCUT2D eigenvalue weighted by Gasteiger charge is -2.08. The maximum atomic E-state index is 11.2. The van der Waals surface area contributed by atoms with Crippen molar-refractivity contribution in [2.75, 3.05) is 13.2 Å². The van der Waals surface area contributed by atoms with E-state index in [0.717, 1.165) is 5.56 Å². The summed E-state index contributed by atoms with van der Waals surface area (Å²) in [6.45, 7) is 1.59. The first-order valence-corrected chi connectivity index (χ1v) is 4.83. The molecule has 0 spiro atoms. The number of hydrogen-bond acceptors (Lipinski definition) is 3. The predicted molar refractivity (Wildman–Crippen MR) is 58.9 cm³/mol. The molecule has 0 radical (unpaired) electrons. The Morgan fingerprint density at radius 3 is 2.69 bits per heavy atom. The fraction of sp³-hybridized carbons (Fsp3) is 0.273. The van der Waals surface area contributed by atoms with Crippen LogP contribution in [-0.2, 0) is 9.59 Å². The van der Waals surface area contributed by atoms with Crippen LogP contribution >= 0.6 is 0 Å². The van der Waals surface area contributed by atoms with Crippen LogP contribution in [0, 0.1) is 6.92 Å². The first-order valence-electron chi connectivity index (χ1n) is 4.83. The molecule has 86 valence electrons. The van der Waals surface area contributed by atoms with E-state index >= 15 is 0 Å². The molecule has 0 aliphatic heterocycles. The van der Waals surface area contributed by atoms with Gasteiger partial charge in [0.1, 0.15) is 5.75 Å². The number of carbonyl (C=O) groups is 2. The Hall–Kier alpha value is -2.04. The van der Waals surface area contributed by atoms with Crippen LogP contribution in [0.15, 0.2) is 24.3 Å². The van der Waals surface area contributed by atoms with Gasteiger partial charge in [-0.15, -0.1) is 0 Å². The van der Waals surface area contributed by atoms with Crippen molar-refractivity contribution in [2.45, 2.75) is 6.92 Å². The van der Waals surface area contributed by atoms with Crippen molar-refractivity contribution in [3.63, 3.8) is 0 Å².